The van der Waals surface area contributed by atoms with E-state index in [1.165, 1.54) is 13.2 Å². The molecule has 0 saturated carbocycles. The Bertz CT molecular complexity index is 935. The average Bonchev–Trinajstić information content (AvgIpc) is 2.64. The van der Waals surface area contributed by atoms with E-state index in [4.69, 9.17) is 10.00 Å². The summed E-state index contributed by atoms with van der Waals surface area (Å²) < 4.78 is 30.4. The number of nitrogens with one attached hydrogen (secondary N) is 1. The first-order valence-electron chi connectivity index (χ1n) is 7.75. The minimum absolute atomic E-state index is 0.0451. The average molecular weight is 373 g/mol. The highest BCUT2D eigenvalue weighted by atomic mass is 32.2. The van der Waals surface area contributed by atoms with Crippen LogP contribution in [0.15, 0.2) is 48.5 Å². The molecule has 8 heteroatoms. The van der Waals surface area contributed by atoms with Crippen LogP contribution < -0.4 is 14.4 Å². The molecule has 2 aromatic carbocycles. The van der Waals surface area contributed by atoms with E-state index in [9.17, 15) is 13.2 Å². The van der Waals surface area contributed by atoms with Gasteiger partial charge in [0.1, 0.15) is 5.75 Å². The number of carbonyl (C=O) groups is 1. The number of hydrogen-bond acceptors (Lipinski definition) is 5. The van der Waals surface area contributed by atoms with Crippen molar-refractivity contribution in [2.24, 2.45) is 0 Å². The smallest absolute Gasteiger partial charge is 0.251 e. The molecule has 0 fully saturated rings. The van der Waals surface area contributed by atoms with Gasteiger partial charge in [0, 0.05) is 12.1 Å². The summed E-state index contributed by atoms with van der Waals surface area (Å²) in [5.41, 5.74) is 1.15. The zero-order valence-electron chi connectivity index (χ0n) is 14.5. The van der Waals surface area contributed by atoms with Gasteiger partial charge in [0.25, 0.3) is 5.91 Å². The minimum atomic E-state index is -3.56. The van der Waals surface area contributed by atoms with Crippen LogP contribution in [0.2, 0.25) is 0 Å². The Morgan fingerprint density at radius 3 is 2.62 bits per heavy atom. The number of anilines is 1. The van der Waals surface area contributed by atoms with E-state index in [1.807, 2.05) is 6.07 Å². The van der Waals surface area contributed by atoms with E-state index in [0.717, 1.165) is 10.6 Å². The van der Waals surface area contributed by atoms with E-state index in [-0.39, 0.29) is 19.0 Å². The monoisotopic (exact) mass is 373 g/mol. The lowest BCUT2D eigenvalue weighted by atomic mass is 10.2. The maximum absolute atomic E-state index is 12.2. The molecule has 0 aliphatic carbocycles. The molecule has 0 aliphatic rings. The molecule has 7 nitrogen and oxygen atoms in total. The largest absolute Gasteiger partial charge is 0.497 e. The van der Waals surface area contributed by atoms with Crippen LogP contribution in [0.1, 0.15) is 15.9 Å². The summed E-state index contributed by atoms with van der Waals surface area (Å²) in [5.74, 6) is 0.229. The third kappa shape index (κ3) is 4.97. The zero-order chi connectivity index (χ0) is 19.2. The Hall–Kier alpha value is -3.05. The third-order valence-electron chi connectivity index (χ3n) is 3.60. The second-order valence-corrected chi connectivity index (χ2v) is 7.39. The van der Waals surface area contributed by atoms with Crippen LogP contribution in [-0.4, -0.2) is 40.8 Å². The molecule has 0 atom stereocenters. The molecule has 0 aliphatic heterocycles. The van der Waals surface area contributed by atoms with Crippen LogP contribution in [0.4, 0.5) is 5.69 Å². The number of ether oxygens (including phenoxy) is 1. The summed E-state index contributed by atoms with van der Waals surface area (Å²) in [4.78, 5) is 12.2. The number of hydrogen-bond donors (Lipinski definition) is 1. The van der Waals surface area contributed by atoms with Gasteiger partial charge in [-0.3, -0.25) is 9.10 Å². The van der Waals surface area contributed by atoms with Crippen molar-refractivity contribution in [3.8, 4) is 11.8 Å². The first-order valence-corrected chi connectivity index (χ1v) is 9.60. The third-order valence-corrected chi connectivity index (χ3v) is 4.79. The molecule has 1 amide bonds. The van der Waals surface area contributed by atoms with Crippen molar-refractivity contribution in [1.29, 1.82) is 5.26 Å². The van der Waals surface area contributed by atoms with E-state index in [2.05, 4.69) is 5.32 Å². The molecule has 0 radical (unpaired) electrons. The van der Waals surface area contributed by atoms with Gasteiger partial charge in [-0.2, -0.15) is 5.26 Å². The molecule has 0 heterocycles. The zero-order valence-corrected chi connectivity index (χ0v) is 15.3. The van der Waals surface area contributed by atoms with E-state index < -0.39 is 10.0 Å². The van der Waals surface area contributed by atoms with Crippen LogP contribution in [0.25, 0.3) is 0 Å². The number of sulfonamides is 1. The van der Waals surface area contributed by atoms with Gasteiger partial charge in [-0.1, -0.05) is 12.1 Å². The Balaban J connectivity index is 2.08. The standard InChI is InChI=1S/C18H19N3O4S/c1-25-17-8-4-6-15(12-17)18(22)20-9-10-21(26(2,23)24)16-7-3-5-14(11-16)13-19/h3-8,11-12H,9-10H2,1-2H3,(H,20,22). The van der Waals surface area contributed by atoms with Crippen molar-refractivity contribution >= 4 is 21.6 Å². The number of methoxy groups -OCH3 is 1. The van der Waals surface area contributed by atoms with E-state index in [1.54, 1.807) is 42.5 Å². The van der Waals surface area contributed by atoms with E-state index in [0.29, 0.717) is 22.6 Å². The van der Waals surface area contributed by atoms with Gasteiger partial charge in [0.2, 0.25) is 10.0 Å². The van der Waals surface area contributed by atoms with Crippen molar-refractivity contribution in [3.63, 3.8) is 0 Å². The summed E-state index contributed by atoms with van der Waals surface area (Å²) in [5, 5.41) is 11.7. The maximum atomic E-state index is 12.2. The highest BCUT2D eigenvalue weighted by molar-refractivity contribution is 7.92. The first-order chi connectivity index (χ1) is 12.3. The number of amides is 1. The second kappa shape index (κ2) is 8.36. The maximum Gasteiger partial charge on any atom is 0.251 e. The normalized spacial score (nSPS) is 10.7. The summed E-state index contributed by atoms with van der Waals surface area (Å²) in [6, 6.07) is 14.9. The van der Waals surface area contributed by atoms with Gasteiger partial charge < -0.3 is 10.1 Å². The predicted octanol–water partition coefficient (Wildman–Crippen LogP) is 1.76. The van der Waals surface area contributed by atoms with Gasteiger partial charge in [-0.05, 0) is 36.4 Å². The van der Waals surface area contributed by atoms with Crippen molar-refractivity contribution < 1.29 is 17.9 Å². The van der Waals surface area contributed by atoms with Gasteiger partial charge >= 0.3 is 0 Å². The Morgan fingerprint density at radius 1 is 1.23 bits per heavy atom. The molecule has 0 bridgehead atoms. The quantitative estimate of drug-likeness (QED) is 0.797. The molecule has 0 aromatic heterocycles. The van der Waals surface area contributed by atoms with Gasteiger partial charge in [-0.25, -0.2) is 8.42 Å². The molecule has 136 valence electrons. The van der Waals surface area contributed by atoms with Crippen molar-refractivity contribution in [1.82, 2.24) is 5.32 Å². The second-order valence-electron chi connectivity index (χ2n) is 5.49. The predicted molar refractivity (Wildman–Crippen MR) is 98.7 cm³/mol. The lowest BCUT2D eigenvalue weighted by Gasteiger charge is -2.22. The van der Waals surface area contributed by atoms with Crippen LogP contribution in [0, 0.1) is 11.3 Å². The van der Waals surface area contributed by atoms with Gasteiger partial charge in [-0.15, -0.1) is 0 Å². The molecule has 26 heavy (non-hydrogen) atoms. The lowest BCUT2D eigenvalue weighted by Crippen LogP contribution is -2.38. The number of benzene rings is 2. The molecule has 1 N–H and O–H groups in total. The molecular formula is C18H19N3O4S. The topological polar surface area (TPSA) is 99.5 Å². The fourth-order valence-electron chi connectivity index (χ4n) is 2.35. The van der Waals surface area contributed by atoms with Gasteiger partial charge in [0.15, 0.2) is 0 Å². The Labute approximate surface area is 152 Å². The summed E-state index contributed by atoms with van der Waals surface area (Å²) in [6.45, 7) is 0.156. The fraction of sp³-hybridized carbons (Fsp3) is 0.222. The van der Waals surface area contributed by atoms with Crippen LogP contribution in [-0.2, 0) is 10.0 Å². The number of rotatable bonds is 7. The molecule has 0 spiro atoms. The van der Waals surface area contributed by atoms with Crippen molar-refractivity contribution in [3.05, 3.63) is 59.7 Å². The number of nitriles is 1. The molecular weight excluding hydrogens is 354 g/mol. The van der Waals surface area contributed by atoms with E-state index >= 15 is 0 Å². The highest BCUT2D eigenvalue weighted by Crippen LogP contribution is 2.18. The number of nitrogens with zero attached hydrogens (tertiary/aromatic N) is 2. The van der Waals surface area contributed by atoms with Gasteiger partial charge in [0.05, 0.1) is 37.2 Å². The van der Waals surface area contributed by atoms with Crippen molar-refractivity contribution in [2.75, 3.05) is 30.8 Å². The van der Waals surface area contributed by atoms with Crippen molar-refractivity contribution in [2.45, 2.75) is 0 Å². The first kappa shape index (κ1) is 19.3. The van der Waals surface area contributed by atoms with Crippen LogP contribution >= 0.6 is 0 Å². The summed E-state index contributed by atoms with van der Waals surface area (Å²) in [6.07, 6.45) is 1.08. The molecule has 2 rings (SSSR count). The van der Waals surface area contributed by atoms with Crippen LogP contribution in [0.5, 0.6) is 5.75 Å². The Kier molecular flexibility index (Phi) is 6.20. The summed E-state index contributed by atoms with van der Waals surface area (Å²) >= 11 is 0. The minimum Gasteiger partial charge on any atom is -0.497 e. The SMILES string of the molecule is COc1cccc(C(=O)NCCN(c2cccc(C#N)c2)S(C)(=O)=O)c1. The molecule has 0 unspecified atom stereocenters. The fourth-order valence-corrected chi connectivity index (χ4v) is 3.27. The number of carbonyl (C=O) groups excluding carboxylic acids is 1. The highest BCUT2D eigenvalue weighted by Gasteiger charge is 2.18. The summed E-state index contributed by atoms with van der Waals surface area (Å²) in [7, 11) is -2.05. The molecule has 0 saturated heterocycles. The Morgan fingerprint density at radius 2 is 1.96 bits per heavy atom. The molecule has 2 aromatic rings. The lowest BCUT2D eigenvalue weighted by molar-refractivity contribution is 0.0954. The van der Waals surface area contributed by atoms with Crippen LogP contribution in [0.3, 0.4) is 0 Å².